The zero-order valence-corrected chi connectivity index (χ0v) is 8.55. The summed E-state index contributed by atoms with van der Waals surface area (Å²) in [5.74, 6) is 0.662. The summed E-state index contributed by atoms with van der Waals surface area (Å²) in [6.45, 7) is 4.20. The van der Waals surface area contributed by atoms with Crippen molar-refractivity contribution in [1.29, 1.82) is 5.26 Å². The Morgan fingerprint density at radius 2 is 2.53 bits per heavy atom. The van der Waals surface area contributed by atoms with Gasteiger partial charge in [-0.3, -0.25) is 0 Å². The van der Waals surface area contributed by atoms with Crippen LogP contribution in [0, 0.1) is 11.3 Å². The highest BCUT2D eigenvalue weighted by Crippen LogP contribution is 2.17. The van der Waals surface area contributed by atoms with E-state index >= 15 is 0 Å². The lowest BCUT2D eigenvalue weighted by Gasteiger charge is -2.31. The summed E-state index contributed by atoms with van der Waals surface area (Å²) in [6.07, 6.45) is 1.71. The highest BCUT2D eigenvalue weighted by atomic mass is 16.5. The molecular weight excluding hydrogens is 192 g/mol. The highest BCUT2D eigenvalue weighted by Gasteiger charge is 2.20. The highest BCUT2D eigenvalue weighted by molar-refractivity contribution is 5.52. The van der Waals surface area contributed by atoms with Gasteiger partial charge in [-0.2, -0.15) is 10.4 Å². The van der Waals surface area contributed by atoms with E-state index in [1.807, 2.05) is 11.8 Å². The number of ether oxygens (including phenoxy) is 1. The number of nitrogens with zero attached hydrogens (tertiary/aromatic N) is 4. The molecule has 2 heterocycles. The second-order valence-electron chi connectivity index (χ2n) is 3.51. The minimum atomic E-state index is 0.173. The second-order valence-corrected chi connectivity index (χ2v) is 3.51. The van der Waals surface area contributed by atoms with Crippen LogP contribution in [-0.4, -0.2) is 36.0 Å². The zero-order valence-electron chi connectivity index (χ0n) is 8.55. The number of hydrogen-bond donors (Lipinski definition) is 0. The molecule has 0 aromatic carbocycles. The Kier molecular flexibility index (Phi) is 2.79. The summed E-state index contributed by atoms with van der Waals surface area (Å²) in [5.41, 5.74) is 0.569. The van der Waals surface area contributed by atoms with Crippen molar-refractivity contribution in [2.75, 3.05) is 24.6 Å². The van der Waals surface area contributed by atoms with Gasteiger partial charge in [0.1, 0.15) is 6.07 Å². The molecule has 78 valence electrons. The molecule has 0 bridgehead atoms. The largest absolute Gasteiger partial charge is 0.375 e. The zero-order chi connectivity index (χ0) is 10.7. The Morgan fingerprint density at radius 3 is 3.27 bits per heavy atom. The van der Waals surface area contributed by atoms with Crippen LogP contribution in [0.5, 0.6) is 0 Å². The fourth-order valence-electron chi connectivity index (χ4n) is 1.66. The van der Waals surface area contributed by atoms with E-state index in [9.17, 15) is 0 Å². The predicted molar refractivity (Wildman–Crippen MR) is 54.4 cm³/mol. The van der Waals surface area contributed by atoms with Crippen molar-refractivity contribution in [3.63, 3.8) is 0 Å². The van der Waals surface area contributed by atoms with Crippen LogP contribution in [0.25, 0.3) is 0 Å². The first-order valence-electron chi connectivity index (χ1n) is 4.89. The molecule has 1 atom stereocenters. The average Bonchev–Trinajstić information content (AvgIpc) is 2.29. The summed E-state index contributed by atoms with van der Waals surface area (Å²) < 4.78 is 5.43. The van der Waals surface area contributed by atoms with Crippen LogP contribution in [0.15, 0.2) is 12.3 Å². The maximum absolute atomic E-state index is 8.94. The lowest BCUT2D eigenvalue weighted by molar-refractivity contribution is 0.0528. The molecule has 15 heavy (non-hydrogen) atoms. The summed E-state index contributed by atoms with van der Waals surface area (Å²) in [4.78, 5) is 2.04. The number of aromatic nitrogens is 2. The third-order valence-electron chi connectivity index (χ3n) is 2.36. The third-order valence-corrected chi connectivity index (χ3v) is 2.36. The van der Waals surface area contributed by atoms with Gasteiger partial charge in [0.2, 0.25) is 0 Å². The molecule has 1 aliphatic rings. The van der Waals surface area contributed by atoms with Crippen molar-refractivity contribution in [2.45, 2.75) is 13.0 Å². The number of rotatable bonds is 1. The van der Waals surface area contributed by atoms with Crippen molar-refractivity contribution in [3.8, 4) is 6.07 Å². The second kappa shape index (κ2) is 4.24. The molecule has 0 aliphatic carbocycles. The monoisotopic (exact) mass is 204 g/mol. The van der Waals surface area contributed by atoms with E-state index in [1.165, 1.54) is 6.20 Å². The lowest BCUT2D eigenvalue weighted by Crippen LogP contribution is -2.42. The number of nitriles is 1. The van der Waals surface area contributed by atoms with Crippen LogP contribution in [0.1, 0.15) is 12.5 Å². The molecule has 1 aromatic rings. The van der Waals surface area contributed by atoms with Crippen LogP contribution < -0.4 is 4.90 Å². The van der Waals surface area contributed by atoms with Crippen LogP contribution in [0.4, 0.5) is 5.82 Å². The van der Waals surface area contributed by atoms with E-state index < -0.39 is 0 Å². The normalized spacial score (nSPS) is 21.1. The summed E-state index contributed by atoms with van der Waals surface area (Å²) in [6, 6.07) is 3.81. The standard InChI is InChI=1S/C10H12N4O/c1-8-7-14(4-5-15-8)10-9(6-11)2-3-12-13-10/h2-3,8H,4-5,7H2,1H3. The molecular formula is C10H12N4O. The van der Waals surface area contributed by atoms with E-state index in [0.29, 0.717) is 18.0 Å². The van der Waals surface area contributed by atoms with Gasteiger partial charge in [-0.1, -0.05) is 0 Å². The first kappa shape index (κ1) is 9.87. The lowest BCUT2D eigenvalue weighted by atomic mass is 10.2. The number of morpholine rings is 1. The van der Waals surface area contributed by atoms with Crippen molar-refractivity contribution in [2.24, 2.45) is 0 Å². The Labute approximate surface area is 88.3 Å². The molecule has 1 fully saturated rings. The molecule has 2 rings (SSSR count). The van der Waals surface area contributed by atoms with Crippen molar-refractivity contribution in [1.82, 2.24) is 10.2 Å². The smallest absolute Gasteiger partial charge is 0.169 e. The fourth-order valence-corrected chi connectivity index (χ4v) is 1.66. The van der Waals surface area contributed by atoms with Gasteiger partial charge >= 0.3 is 0 Å². The van der Waals surface area contributed by atoms with Gasteiger partial charge in [0.05, 0.1) is 24.5 Å². The molecule has 1 saturated heterocycles. The summed E-state index contributed by atoms with van der Waals surface area (Å²) in [7, 11) is 0. The van der Waals surface area contributed by atoms with Gasteiger partial charge in [0, 0.05) is 13.1 Å². The van der Waals surface area contributed by atoms with E-state index in [1.54, 1.807) is 6.07 Å². The van der Waals surface area contributed by atoms with Gasteiger partial charge in [-0.15, -0.1) is 5.10 Å². The van der Waals surface area contributed by atoms with E-state index in [0.717, 1.165) is 13.1 Å². The van der Waals surface area contributed by atoms with E-state index in [2.05, 4.69) is 16.3 Å². The first-order valence-corrected chi connectivity index (χ1v) is 4.89. The Bertz CT molecular complexity index is 387. The topological polar surface area (TPSA) is 62.0 Å². The Balaban J connectivity index is 2.25. The predicted octanol–water partition coefficient (Wildman–Crippen LogP) is 0.573. The molecule has 0 saturated carbocycles. The molecule has 5 nitrogen and oxygen atoms in total. The maximum atomic E-state index is 8.94. The van der Waals surface area contributed by atoms with Gasteiger partial charge in [0.25, 0.3) is 0 Å². The fraction of sp³-hybridized carbons (Fsp3) is 0.500. The van der Waals surface area contributed by atoms with Gasteiger partial charge < -0.3 is 9.64 Å². The number of anilines is 1. The molecule has 0 spiro atoms. The van der Waals surface area contributed by atoms with E-state index in [-0.39, 0.29) is 6.10 Å². The van der Waals surface area contributed by atoms with E-state index in [4.69, 9.17) is 10.00 Å². The van der Waals surface area contributed by atoms with Crippen LogP contribution in [0.2, 0.25) is 0 Å². The maximum Gasteiger partial charge on any atom is 0.169 e. The van der Waals surface area contributed by atoms with Crippen molar-refractivity contribution < 1.29 is 4.74 Å². The Hall–Kier alpha value is -1.67. The number of hydrogen-bond acceptors (Lipinski definition) is 5. The minimum Gasteiger partial charge on any atom is -0.375 e. The molecule has 0 radical (unpaired) electrons. The van der Waals surface area contributed by atoms with Gasteiger partial charge in [-0.05, 0) is 13.0 Å². The summed E-state index contributed by atoms with van der Waals surface area (Å²) in [5, 5.41) is 16.8. The molecule has 5 heteroatoms. The quantitative estimate of drug-likeness (QED) is 0.669. The minimum absolute atomic E-state index is 0.173. The van der Waals surface area contributed by atoms with Crippen LogP contribution in [-0.2, 0) is 4.74 Å². The molecule has 0 N–H and O–H groups in total. The summed E-state index contributed by atoms with van der Waals surface area (Å²) >= 11 is 0. The van der Waals surface area contributed by atoms with Crippen molar-refractivity contribution in [3.05, 3.63) is 17.8 Å². The SMILES string of the molecule is CC1CN(c2nnccc2C#N)CCO1. The molecule has 0 amide bonds. The van der Waals surface area contributed by atoms with Crippen molar-refractivity contribution >= 4 is 5.82 Å². The van der Waals surface area contributed by atoms with Gasteiger partial charge in [-0.25, -0.2) is 0 Å². The van der Waals surface area contributed by atoms with Crippen LogP contribution >= 0.6 is 0 Å². The van der Waals surface area contributed by atoms with Crippen LogP contribution in [0.3, 0.4) is 0 Å². The molecule has 1 aliphatic heterocycles. The van der Waals surface area contributed by atoms with Gasteiger partial charge in [0.15, 0.2) is 5.82 Å². The molecule has 1 aromatic heterocycles. The average molecular weight is 204 g/mol. The first-order chi connectivity index (χ1) is 7.31. The third kappa shape index (κ3) is 2.05. The molecule has 1 unspecified atom stereocenters. The Morgan fingerprint density at radius 1 is 1.67 bits per heavy atom.